The molecule has 0 atom stereocenters. The Morgan fingerprint density at radius 2 is 0.707 bits per heavy atom. The third-order valence-corrected chi connectivity index (χ3v) is 7.17. The Balaban J connectivity index is 3.32. The molecule has 0 rings (SSSR count). The van der Waals surface area contributed by atoms with E-state index in [0.717, 1.165) is 38.4 Å². The van der Waals surface area contributed by atoms with Crippen molar-refractivity contribution in [3.63, 3.8) is 0 Å². The maximum Gasteiger partial charge on any atom is 0.303 e. The van der Waals surface area contributed by atoms with Crippen LogP contribution in [-0.4, -0.2) is 54.7 Å². The Kier molecular flexibility index (Phi) is 28.7. The van der Waals surface area contributed by atoms with Crippen LogP contribution >= 0.6 is 0 Å². The molecule has 0 saturated heterocycles. The molecule has 0 spiro atoms. The van der Waals surface area contributed by atoms with Gasteiger partial charge in [-0.05, 0) is 32.1 Å². The molecule has 0 heterocycles. The molecule has 0 bridgehead atoms. The first-order chi connectivity index (χ1) is 20.0. The van der Waals surface area contributed by atoms with Crippen molar-refractivity contribution in [1.82, 2.24) is 16.0 Å². The van der Waals surface area contributed by atoms with Crippen molar-refractivity contribution in [2.45, 2.75) is 154 Å². The van der Waals surface area contributed by atoms with Crippen LogP contribution in [0.3, 0.4) is 0 Å². The summed E-state index contributed by atoms with van der Waals surface area (Å²) in [5.41, 5.74) is 0. The quantitative estimate of drug-likeness (QED) is 0.0586. The lowest BCUT2D eigenvalue weighted by Gasteiger charge is -2.07. The first-order valence-electron chi connectivity index (χ1n) is 16.4. The number of nitrogens with one attached hydrogen (secondary N) is 3. The van der Waals surface area contributed by atoms with Crippen LogP contribution in [0.15, 0.2) is 0 Å². The average molecular weight is 582 g/mol. The monoisotopic (exact) mass is 581 g/mol. The molecule has 0 aliphatic rings. The molecule has 0 aromatic heterocycles. The zero-order chi connectivity index (χ0) is 30.2. The predicted octanol–water partition coefficient (Wildman–Crippen LogP) is 5.98. The van der Waals surface area contributed by atoms with Gasteiger partial charge in [0.15, 0.2) is 0 Å². The van der Waals surface area contributed by atoms with Crippen molar-refractivity contribution in [3.8, 4) is 0 Å². The number of aliphatic carboxylic acids is 1. The zero-order valence-electron chi connectivity index (χ0n) is 25.7. The van der Waals surface area contributed by atoms with Crippen LogP contribution in [0, 0.1) is 0 Å². The van der Waals surface area contributed by atoms with Gasteiger partial charge in [0.05, 0.1) is 0 Å². The fraction of sp³-hybridized carbons (Fsp3) is 0.844. The minimum absolute atomic E-state index is 0.0581. The van der Waals surface area contributed by atoms with Crippen molar-refractivity contribution in [1.29, 1.82) is 0 Å². The number of carboxylic acid groups (broad SMARTS) is 1. The van der Waals surface area contributed by atoms with Crippen molar-refractivity contribution in [2.24, 2.45) is 0 Å². The van der Waals surface area contributed by atoms with Gasteiger partial charge in [0.1, 0.15) is 6.29 Å². The second-order valence-electron chi connectivity index (χ2n) is 11.1. The molecular weight excluding hydrogens is 522 g/mol. The molecule has 9 heteroatoms. The minimum atomic E-state index is -0.683. The smallest absolute Gasteiger partial charge is 0.303 e. The molecule has 0 radical (unpaired) electrons. The zero-order valence-corrected chi connectivity index (χ0v) is 25.7. The Morgan fingerprint density at radius 3 is 1.05 bits per heavy atom. The first kappa shape index (κ1) is 38.5. The van der Waals surface area contributed by atoms with Crippen molar-refractivity contribution in [3.05, 3.63) is 0 Å². The predicted molar refractivity (Wildman–Crippen MR) is 164 cm³/mol. The maximum absolute atomic E-state index is 12.0. The molecule has 0 aliphatic carbocycles. The molecule has 0 unspecified atom stereocenters. The lowest BCUT2D eigenvalue weighted by molar-refractivity contribution is -0.137. The highest BCUT2D eigenvalue weighted by Gasteiger charge is 2.05. The van der Waals surface area contributed by atoms with E-state index >= 15 is 0 Å². The van der Waals surface area contributed by atoms with Gasteiger partial charge in [0, 0.05) is 51.7 Å². The molecule has 0 aromatic carbocycles. The molecule has 0 fully saturated rings. The summed E-state index contributed by atoms with van der Waals surface area (Å²) in [4.78, 5) is 56.1. The van der Waals surface area contributed by atoms with Crippen LogP contribution < -0.4 is 16.0 Å². The van der Waals surface area contributed by atoms with E-state index in [2.05, 4.69) is 16.0 Å². The van der Waals surface area contributed by atoms with Crippen LogP contribution in [0.25, 0.3) is 0 Å². The lowest BCUT2D eigenvalue weighted by atomic mass is 10.0. The van der Waals surface area contributed by atoms with Gasteiger partial charge in [-0.15, -0.1) is 0 Å². The van der Waals surface area contributed by atoms with Crippen LogP contribution in [0.4, 0.5) is 0 Å². The van der Waals surface area contributed by atoms with Crippen LogP contribution in [0.1, 0.15) is 154 Å². The van der Waals surface area contributed by atoms with Crippen molar-refractivity contribution in [2.75, 3.05) is 19.6 Å². The minimum Gasteiger partial charge on any atom is -0.481 e. The number of rotatable bonds is 31. The van der Waals surface area contributed by atoms with Gasteiger partial charge >= 0.3 is 5.97 Å². The Labute approximate surface area is 248 Å². The fourth-order valence-electron chi connectivity index (χ4n) is 4.67. The maximum atomic E-state index is 12.0. The number of carbonyl (C=O) groups excluding carboxylic acids is 4. The number of aldehydes is 1. The van der Waals surface area contributed by atoms with Gasteiger partial charge in [-0.1, -0.05) is 89.9 Å². The van der Waals surface area contributed by atoms with E-state index < -0.39 is 5.97 Å². The van der Waals surface area contributed by atoms with Crippen molar-refractivity contribution < 1.29 is 29.1 Å². The Hall–Kier alpha value is -2.45. The summed E-state index contributed by atoms with van der Waals surface area (Å²) in [6.07, 6.45) is 23.8. The van der Waals surface area contributed by atoms with Gasteiger partial charge in [0.2, 0.25) is 17.7 Å². The number of unbranched alkanes of at least 4 members (excludes halogenated alkanes) is 16. The summed E-state index contributed by atoms with van der Waals surface area (Å²) in [7, 11) is 0. The normalized spacial score (nSPS) is 10.7. The fourth-order valence-corrected chi connectivity index (χ4v) is 4.67. The molecule has 3 amide bonds. The number of carboxylic acids is 1. The third kappa shape index (κ3) is 31.9. The molecular formula is C32H59N3O6. The summed E-state index contributed by atoms with van der Waals surface area (Å²) in [5.74, 6) is -0.758. The number of amides is 3. The average Bonchev–Trinajstić information content (AvgIpc) is 2.95. The van der Waals surface area contributed by atoms with Crippen molar-refractivity contribution >= 4 is 30.0 Å². The van der Waals surface area contributed by atoms with Crippen LogP contribution in [-0.2, 0) is 24.0 Å². The van der Waals surface area contributed by atoms with E-state index in [1.807, 2.05) is 0 Å². The molecule has 4 N–H and O–H groups in total. The van der Waals surface area contributed by atoms with E-state index in [0.29, 0.717) is 71.0 Å². The number of hydrogen-bond donors (Lipinski definition) is 4. The standard InChI is InChI=1S/C32H59N3O6/c36-28-18-17-25-33-30(38)22-19-27-35-31(39)23-20-26-34-29(37)21-15-13-11-9-7-5-3-1-2-4-6-8-10-12-14-16-24-32(40)41/h28H,1-27H2,(H,33,38)(H,34,37)(H,35,39)(H,40,41). The third-order valence-electron chi connectivity index (χ3n) is 7.17. The topological polar surface area (TPSA) is 142 Å². The van der Waals surface area contributed by atoms with Gasteiger partial charge in [-0.3, -0.25) is 19.2 Å². The molecule has 238 valence electrons. The molecule has 41 heavy (non-hydrogen) atoms. The van der Waals surface area contributed by atoms with Crippen LogP contribution in [0.2, 0.25) is 0 Å². The molecule has 0 aromatic rings. The molecule has 0 saturated carbocycles. The highest BCUT2D eigenvalue weighted by Crippen LogP contribution is 2.14. The highest BCUT2D eigenvalue weighted by atomic mass is 16.4. The SMILES string of the molecule is O=CCCCNC(=O)CCCNC(=O)CCCNC(=O)CCCCCCCCCCCCCCCCCCC(=O)O. The first-order valence-corrected chi connectivity index (χ1v) is 16.4. The summed E-state index contributed by atoms with van der Waals surface area (Å²) in [6.45, 7) is 1.46. The van der Waals surface area contributed by atoms with Crippen LogP contribution in [0.5, 0.6) is 0 Å². The second kappa shape index (κ2) is 30.5. The summed E-state index contributed by atoms with van der Waals surface area (Å²) in [5, 5.41) is 17.1. The number of carbonyl (C=O) groups is 5. The summed E-state index contributed by atoms with van der Waals surface area (Å²) >= 11 is 0. The van der Waals surface area contributed by atoms with E-state index in [-0.39, 0.29) is 17.7 Å². The van der Waals surface area contributed by atoms with E-state index in [1.54, 1.807) is 0 Å². The number of hydrogen-bond acceptors (Lipinski definition) is 5. The largest absolute Gasteiger partial charge is 0.481 e. The summed E-state index contributed by atoms with van der Waals surface area (Å²) in [6, 6.07) is 0. The van der Waals surface area contributed by atoms with Gasteiger partial charge < -0.3 is 25.9 Å². The van der Waals surface area contributed by atoms with E-state index in [9.17, 15) is 24.0 Å². The van der Waals surface area contributed by atoms with Gasteiger partial charge in [-0.25, -0.2) is 0 Å². The lowest BCUT2D eigenvalue weighted by Crippen LogP contribution is -2.29. The van der Waals surface area contributed by atoms with E-state index in [1.165, 1.54) is 70.6 Å². The van der Waals surface area contributed by atoms with E-state index in [4.69, 9.17) is 5.11 Å². The highest BCUT2D eigenvalue weighted by molar-refractivity contribution is 5.77. The molecule has 9 nitrogen and oxygen atoms in total. The Bertz CT molecular complexity index is 686. The second-order valence-corrected chi connectivity index (χ2v) is 11.1. The van der Waals surface area contributed by atoms with Gasteiger partial charge in [-0.2, -0.15) is 0 Å². The summed E-state index contributed by atoms with van der Waals surface area (Å²) < 4.78 is 0. The Morgan fingerprint density at radius 1 is 0.415 bits per heavy atom. The van der Waals surface area contributed by atoms with Gasteiger partial charge in [0.25, 0.3) is 0 Å². The molecule has 0 aliphatic heterocycles.